The molecule has 3 aromatic rings. The Morgan fingerprint density at radius 2 is 1.76 bits per heavy atom. The third kappa shape index (κ3) is 4.62. The van der Waals surface area contributed by atoms with Crippen LogP contribution in [-0.2, 0) is 14.8 Å². The SMILES string of the molecule is COC(=O)c1ccc([C@H]2Nc3ccc(S(=O)(=O)Nc4cc(OC)ccc4OC)cc3[C@H]3C=CC[C@H]32)cc1. The summed E-state index contributed by atoms with van der Waals surface area (Å²) in [6, 6.07) is 17.5. The van der Waals surface area contributed by atoms with E-state index in [0.717, 1.165) is 23.2 Å². The lowest BCUT2D eigenvalue weighted by Crippen LogP contribution is -2.29. The van der Waals surface area contributed by atoms with Gasteiger partial charge in [0, 0.05) is 17.7 Å². The molecule has 0 aromatic heterocycles. The highest BCUT2D eigenvalue weighted by Gasteiger charge is 2.38. The Kier molecular flexibility index (Phi) is 6.55. The Bertz CT molecular complexity index is 1470. The normalized spacial score (nSPS) is 19.8. The monoisotopic (exact) mass is 520 g/mol. The van der Waals surface area contributed by atoms with Crippen molar-refractivity contribution in [3.8, 4) is 11.5 Å². The molecule has 8 nitrogen and oxygen atoms in total. The van der Waals surface area contributed by atoms with E-state index >= 15 is 0 Å². The summed E-state index contributed by atoms with van der Waals surface area (Å²) >= 11 is 0. The summed E-state index contributed by atoms with van der Waals surface area (Å²) in [6.07, 6.45) is 5.15. The highest BCUT2D eigenvalue weighted by molar-refractivity contribution is 7.92. The molecule has 0 amide bonds. The average molecular weight is 521 g/mol. The number of hydrogen-bond donors (Lipinski definition) is 2. The predicted octanol–water partition coefficient (Wildman–Crippen LogP) is 5.12. The van der Waals surface area contributed by atoms with E-state index in [1.165, 1.54) is 21.3 Å². The topological polar surface area (TPSA) is 103 Å². The van der Waals surface area contributed by atoms with Gasteiger partial charge in [0.15, 0.2) is 0 Å². The van der Waals surface area contributed by atoms with Crippen molar-refractivity contribution in [1.29, 1.82) is 0 Å². The number of ether oxygens (including phenoxy) is 3. The first-order valence-corrected chi connectivity index (χ1v) is 13.3. The molecule has 192 valence electrons. The zero-order chi connectivity index (χ0) is 26.2. The molecule has 0 unspecified atom stereocenters. The van der Waals surface area contributed by atoms with Crippen LogP contribution in [0.4, 0.5) is 11.4 Å². The maximum Gasteiger partial charge on any atom is 0.337 e. The first-order valence-electron chi connectivity index (χ1n) is 11.8. The van der Waals surface area contributed by atoms with Crippen molar-refractivity contribution in [2.24, 2.45) is 5.92 Å². The zero-order valence-electron chi connectivity index (χ0n) is 20.7. The van der Waals surface area contributed by atoms with Crippen molar-refractivity contribution >= 4 is 27.4 Å². The van der Waals surface area contributed by atoms with Crippen LogP contribution in [0.25, 0.3) is 0 Å². The van der Waals surface area contributed by atoms with Gasteiger partial charge < -0.3 is 19.5 Å². The lowest BCUT2D eigenvalue weighted by molar-refractivity contribution is 0.0600. The van der Waals surface area contributed by atoms with E-state index in [4.69, 9.17) is 14.2 Å². The molecule has 5 rings (SSSR count). The van der Waals surface area contributed by atoms with Gasteiger partial charge in [-0.25, -0.2) is 13.2 Å². The minimum absolute atomic E-state index is 0.0147. The lowest BCUT2D eigenvalue weighted by Gasteiger charge is -2.37. The molecule has 1 aliphatic carbocycles. The van der Waals surface area contributed by atoms with Crippen LogP contribution in [0.5, 0.6) is 11.5 Å². The molecule has 37 heavy (non-hydrogen) atoms. The standard InChI is InChI=1S/C28H28N2O6S/c1-34-19-11-14-26(35-2)25(15-19)30-37(32,33)20-12-13-24-23(16-20)21-5-4-6-22(21)27(29-24)17-7-9-18(10-8-17)28(31)36-3/h4-5,7-16,21-22,27,29-30H,6H2,1-3H3/t21-,22+,27+/m0/s1. The van der Waals surface area contributed by atoms with Crippen LogP contribution in [0.3, 0.4) is 0 Å². The summed E-state index contributed by atoms with van der Waals surface area (Å²) in [4.78, 5) is 12.0. The molecule has 3 atom stereocenters. The molecule has 3 aromatic carbocycles. The van der Waals surface area contributed by atoms with Gasteiger partial charge in [-0.15, -0.1) is 0 Å². The molecule has 0 saturated heterocycles. The van der Waals surface area contributed by atoms with Crippen molar-refractivity contribution in [3.63, 3.8) is 0 Å². The van der Waals surface area contributed by atoms with Gasteiger partial charge in [0.05, 0.1) is 43.5 Å². The smallest absolute Gasteiger partial charge is 0.337 e. The lowest BCUT2D eigenvalue weighted by atomic mass is 9.77. The van der Waals surface area contributed by atoms with E-state index in [1.807, 2.05) is 18.2 Å². The number of carbonyl (C=O) groups is 1. The maximum atomic E-state index is 13.4. The molecule has 2 N–H and O–H groups in total. The van der Waals surface area contributed by atoms with Crippen LogP contribution < -0.4 is 19.5 Å². The Morgan fingerprint density at radius 3 is 2.46 bits per heavy atom. The van der Waals surface area contributed by atoms with E-state index in [9.17, 15) is 13.2 Å². The van der Waals surface area contributed by atoms with E-state index in [1.54, 1.807) is 42.5 Å². The zero-order valence-corrected chi connectivity index (χ0v) is 21.5. The Labute approximate surface area is 216 Å². The number of rotatable bonds is 7. The minimum atomic E-state index is -3.90. The van der Waals surface area contributed by atoms with Crippen molar-refractivity contribution in [1.82, 2.24) is 0 Å². The molecule has 0 spiro atoms. The van der Waals surface area contributed by atoms with Gasteiger partial charge in [-0.3, -0.25) is 4.72 Å². The van der Waals surface area contributed by atoms with Crippen molar-refractivity contribution in [3.05, 3.63) is 89.5 Å². The summed E-state index contributed by atoms with van der Waals surface area (Å²) in [5.74, 6) is 0.799. The first-order chi connectivity index (χ1) is 17.8. The molecule has 0 fully saturated rings. The molecule has 1 aliphatic heterocycles. The number of methoxy groups -OCH3 is 3. The summed E-state index contributed by atoms with van der Waals surface area (Å²) in [5.41, 5.74) is 3.67. The third-order valence-corrected chi connectivity index (χ3v) is 8.35. The van der Waals surface area contributed by atoms with Gasteiger partial charge in [0.25, 0.3) is 10.0 Å². The fourth-order valence-corrected chi connectivity index (χ4v) is 6.21. The van der Waals surface area contributed by atoms with E-state index in [2.05, 4.69) is 22.2 Å². The Hall–Kier alpha value is -3.98. The van der Waals surface area contributed by atoms with E-state index < -0.39 is 10.0 Å². The number of anilines is 2. The van der Waals surface area contributed by atoms with E-state index in [-0.39, 0.29) is 28.7 Å². The van der Waals surface area contributed by atoms with Gasteiger partial charge in [-0.2, -0.15) is 0 Å². The van der Waals surface area contributed by atoms with Gasteiger partial charge in [0.2, 0.25) is 0 Å². The molecular weight excluding hydrogens is 492 g/mol. The average Bonchev–Trinajstić information content (AvgIpc) is 3.42. The predicted molar refractivity (Wildman–Crippen MR) is 141 cm³/mol. The number of benzene rings is 3. The molecular formula is C28H28N2O6S. The number of hydrogen-bond acceptors (Lipinski definition) is 7. The molecule has 9 heteroatoms. The van der Waals surface area contributed by atoms with Crippen molar-refractivity contribution in [2.45, 2.75) is 23.3 Å². The molecule has 0 radical (unpaired) electrons. The molecule has 0 saturated carbocycles. The molecule has 1 heterocycles. The van der Waals surface area contributed by atoms with Crippen LogP contribution in [0.1, 0.15) is 39.9 Å². The van der Waals surface area contributed by atoms with Gasteiger partial charge >= 0.3 is 5.97 Å². The largest absolute Gasteiger partial charge is 0.497 e. The summed E-state index contributed by atoms with van der Waals surface area (Å²) in [7, 11) is 0.466. The van der Waals surface area contributed by atoms with Crippen molar-refractivity contribution in [2.75, 3.05) is 31.4 Å². The maximum absolute atomic E-state index is 13.4. The fraction of sp³-hybridized carbons (Fsp3) is 0.250. The fourth-order valence-electron chi connectivity index (χ4n) is 5.11. The highest BCUT2D eigenvalue weighted by Crippen LogP contribution is 2.50. The van der Waals surface area contributed by atoms with E-state index in [0.29, 0.717) is 22.7 Å². The van der Waals surface area contributed by atoms with Crippen LogP contribution >= 0.6 is 0 Å². The highest BCUT2D eigenvalue weighted by atomic mass is 32.2. The van der Waals surface area contributed by atoms with Crippen LogP contribution in [0, 0.1) is 5.92 Å². The van der Waals surface area contributed by atoms with Gasteiger partial charge in [0.1, 0.15) is 11.5 Å². The number of nitrogens with one attached hydrogen (secondary N) is 2. The second-order valence-corrected chi connectivity index (χ2v) is 10.7. The van der Waals surface area contributed by atoms with Crippen LogP contribution in [0.15, 0.2) is 77.7 Å². The van der Waals surface area contributed by atoms with Crippen LogP contribution in [-0.4, -0.2) is 35.7 Å². The second-order valence-electron chi connectivity index (χ2n) is 9.01. The number of sulfonamides is 1. The first kappa shape index (κ1) is 24.7. The van der Waals surface area contributed by atoms with Gasteiger partial charge in [-0.1, -0.05) is 24.3 Å². The third-order valence-electron chi connectivity index (χ3n) is 6.99. The summed E-state index contributed by atoms with van der Waals surface area (Å²) in [6.45, 7) is 0. The molecule has 2 aliphatic rings. The Morgan fingerprint density at radius 1 is 0.973 bits per heavy atom. The quantitative estimate of drug-likeness (QED) is 0.329. The molecule has 0 bridgehead atoms. The Balaban J connectivity index is 1.45. The van der Waals surface area contributed by atoms with Crippen LogP contribution in [0.2, 0.25) is 0 Å². The summed E-state index contributed by atoms with van der Waals surface area (Å²) in [5, 5.41) is 3.60. The second kappa shape index (κ2) is 9.82. The van der Waals surface area contributed by atoms with Crippen molar-refractivity contribution < 1.29 is 27.4 Å². The number of fused-ring (bicyclic) bond motifs is 3. The summed E-state index contributed by atoms with van der Waals surface area (Å²) < 4.78 is 44.7. The number of carbonyl (C=O) groups excluding carboxylic acids is 1. The van der Waals surface area contributed by atoms with Gasteiger partial charge in [-0.05, 0) is 65.9 Å². The number of allylic oxidation sites excluding steroid dienone is 2. The number of esters is 1. The minimum Gasteiger partial charge on any atom is -0.497 e.